The molecule has 3 rings (SSSR count). The third-order valence-corrected chi connectivity index (χ3v) is 7.12. The molecular formula is C21H26FN3O3S. The number of nitrogens with one attached hydrogen (secondary N) is 1. The number of amides is 1. The quantitative estimate of drug-likeness (QED) is 0.744. The first-order valence-electron chi connectivity index (χ1n) is 9.69. The van der Waals surface area contributed by atoms with Gasteiger partial charge < -0.3 is 5.32 Å². The molecule has 2 aromatic rings. The molecule has 29 heavy (non-hydrogen) atoms. The predicted octanol–water partition coefficient (Wildman–Crippen LogP) is 1.88. The Morgan fingerprint density at radius 3 is 2.28 bits per heavy atom. The Balaban J connectivity index is 1.47. The van der Waals surface area contributed by atoms with Crippen molar-refractivity contribution in [2.24, 2.45) is 0 Å². The molecule has 1 saturated heterocycles. The van der Waals surface area contributed by atoms with Gasteiger partial charge in [0.2, 0.25) is 15.9 Å². The summed E-state index contributed by atoms with van der Waals surface area (Å²) in [5.41, 5.74) is 0.957. The average molecular weight is 420 g/mol. The molecular weight excluding hydrogens is 393 g/mol. The van der Waals surface area contributed by atoms with Gasteiger partial charge in [-0.2, -0.15) is 4.31 Å². The highest BCUT2D eigenvalue weighted by Gasteiger charge is 2.31. The Hall–Kier alpha value is -2.29. The summed E-state index contributed by atoms with van der Waals surface area (Å²) in [5, 5.41) is 2.90. The van der Waals surface area contributed by atoms with Crippen LogP contribution >= 0.6 is 0 Å². The first-order chi connectivity index (χ1) is 13.9. The Bertz CT molecular complexity index is 912. The topological polar surface area (TPSA) is 69.7 Å². The van der Waals surface area contributed by atoms with Crippen LogP contribution in [-0.4, -0.2) is 62.3 Å². The van der Waals surface area contributed by atoms with Gasteiger partial charge in [0.25, 0.3) is 0 Å². The van der Waals surface area contributed by atoms with Crippen LogP contribution in [0.5, 0.6) is 0 Å². The van der Waals surface area contributed by atoms with Crippen molar-refractivity contribution >= 4 is 15.9 Å². The molecule has 2 aromatic carbocycles. The van der Waals surface area contributed by atoms with Crippen molar-refractivity contribution in [2.45, 2.75) is 24.3 Å². The van der Waals surface area contributed by atoms with E-state index in [1.165, 1.54) is 16.4 Å². The van der Waals surface area contributed by atoms with E-state index in [9.17, 15) is 17.6 Å². The van der Waals surface area contributed by atoms with Gasteiger partial charge in [-0.25, -0.2) is 12.8 Å². The molecule has 1 N–H and O–H groups in total. The lowest BCUT2D eigenvalue weighted by Gasteiger charge is -2.36. The van der Waals surface area contributed by atoms with E-state index in [-0.39, 0.29) is 17.8 Å². The van der Waals surface area contributed by atoms with E-state index in [0.29, 0.717) is 44.0 Å². The maximum Gasteiger partial charge on any atom is 0.243 e. The Labute approximate surface area is 171 Å². The molecule has 6 nitrogen and oxygen atoms in total. The van der Waals surface area contributed by atoms with Crippen LogP contribution in [0, 0.1) is 5.82 Å². The van der Waals surface area contributed by atoms with Crippen molar-refractivity contribution in [1.29, 1.82) is 0 Å². The smallest absolute Gasteiger partial charge is 0.243 e. The van der Waals surface area contributed by atoms with Crippen molar-refractivity contribution in [3.63, 3.8) is 0 Å². The van der Waals surface area contributed by atoms with Gasteiger partial charge in [0.1, 0.15) is 5.82 Å². The van der Waals surface area contributed by atoms with E-state index in [1.54, 1.807) is 42.5 Å². The summed E-state index contributed by atoms with van der Waals surface area (Å²) < 4.78 is 39.8. The molecule has 156 valence electrons. The second-order valence-electron chi connectivity index (χ2n) is 7.10. The van der Waals surface area contributed by atoms with Gasteiger partial charge in [-0.15, -0.1) is 0 Å². The number of hydrogen-bond donors (Lipinski definition) is 1. The lowest BCUT2D eigenvalue weighted by atomic mass is 10.1. The van der Waals surface area contributed by atoms with Crippen molar-refractivity contribution in [3.8, 4) is 0 Å². The number of nitrogens with zero attached hydrogens (tertiary/aromatic N) is 2. The number of sulfonamides is 1. The summed E-state index contributed by atoms with van der Waals surface area (Å²) in [5.74, 6) is -0.369. The summed E-state index contributed by atoms with van der Waals surface area (Å²) in [6, 6.07) is 14.3. The first-order valence-corrected chi connectivity index (χ1v) is 11.1. The molecule has 0 radical (unpaired) electrons. The number of carbonyl (C=O) groups is 1. The first kappa shape index (κ1) is 21.4. The molecule has 0 aliphatic carbocycles. The number of carbonyl (C=O) groups excluding carboxylic acids is 1. The highest BCUT2D eigenvalue weighted by atomic mass is 32.2. The molecule has 0 aromatic heterocycles. The normalized spacial score (nSPS) is 17.0. The van der Waals surface area contributed by atoms with Gasteiger partial charge >= 0.3 is 0 Å². The van der Waals surface area contributed by atoms with Gasteiger partial charge in [-0.1, -0.05) is 30.3 Å². The fraction of sp³-hybridized carbons (Fsp3) is 0.381. The summed E-state index contributed by atoms with van der Waals surface area (Å²) in [6.07, 6.45) is 0.627. The fourth-order valence-corrected chi connectivity index (χ4v) is 4.81. The minimum absolute atomic E-state index is 0.0912. The maximum atomic E-state index is 12.9. The van der Waals surface area contributed by atoms with E-state index in [4.69, 9.17) is 0 Å². The zero-order valence-corrected chi connectivity index (χ0v) is 17.2. The van der Waals surface area contributed by atoms with Crippen LogP contribution in [-0.2, 0) is 21.2 Å². The van der Waals surface area contributed by atoms with Gasteiger partial charge in [0, 0.05) is 32.7 Å². The zero-order valence-electron chi connectivity index (χ0n) is 16.4. The highest BCUT2D eigenvalue weighted by molar-refractivity contribution is 7.89. The van der Waals surface area contributed by atoms with Crippen LogP contribution in [0.1, 0.15) is 12.5 Å². The maximum absolute atomic E-state index is 12.9. The van der Waals surface area contributed by atoms with Crippen molar-refractivity contribution in [2.75, 3.05) is 32.7 Å². The van der Waals surface area contributed by atoms with Crippen molar-refractivity contribution in [3.05, 3.63) is 66.0 Å². The molecule has 0 unspecified atom stereocenters. The van der Waals surface area contributed by atoms with E-state index in [0.717, 1.165) is 5.56 Å². The minimum atomic E-state index is -3.50. The standard InChI is InChI=1S/C21H26FN3O3S/c1-17(21(26)23-12-11-18-7-9-19(22)10-8-18)24-13-15-25(16-14-24)29(27,28)20-5-3-2-4-6-20/h2-10,17H,11-16H2,1H3,(H,23,26)/t17-/m1/s1. The van der Waals surface area contributed by atoms with Gasteiger partial charge in [-0.05, 0) is 43.2 Å². The van der Waals surface area contributed by atoms with Crippen LogP contribution in [0.15, 0.2) is 59.5 Å². The number of piperazine rings is 1. The number of hydrogen-bond acceptors (Lipinski definition) is 4. The molecule has 8 heteroatoms. The summed E-state index contributed by atoms with van der Waals surface area (Å²) in [7, 11) is -3.50. The Morgan fingerprint density at radius 1 is 1.03 bits per heavy atom. The predicted molar refractivity (Wildman–Crippen MR) is 109 cm³/mol. The second-order valence-corrected chi connectivity index (χ2v) is 9.03. The van der Waals surface area contributed by atoms with E-state index >= 15 is 0 Å². The van der Waals surface area contributed by atoms with Gasteiger partial charge in [0.05, 0.1) is 10.9 Å². The zero-order chi connectivity index (χ0) is 20.9. The number of halogens is 1. The molecule has 0 saturated carbocycles. The highest BCUT2D eigenvalue weighted by Crippen LogP contribution is 2.18. The lowest BCUT2D eigenvalue weighted by molar-refractivity contribution is -0.126. The third-order valence-electron chi connectivity index (χ3n) is 5.21. The Morgan fingerprint density at radius 2 is 1.66 bits per heavy atom. The van der Waals surface area contributed by atoms with Crippen molar-refractivity contribution < 1.29 is 17.6 Å². The van der Waals surface area contributed by atoms with E-state index in [2.05, 4.69) is 5.32 Å². The summed E-state index contributed by atoms with van der Waals surface area (Å²) in [6.45, 7) is 4.00. The largest absolute Gasteiger partial charge is 0.354 e. The monoisotopic (exact) mass is 419 g/mol. The molecule has 1 heterocycles. The molecule has 1 aliphatic heterocycles. The SMILES string of the molecule is C[C@H](C(=O)NCCc1ccc(F)cc1)N1CCN(S(=O)(=O)c2ccccc2)CC1. The molecule has 1 amide bonds. The van der Waals surface area contributed by atoms with E-state index < -0.39 is 10.0 Å². The minimum Gasteiger partial charge on any atom is -0.354 e. The lowest BCUT2D eigenvalue weighted by Crippen LogP contribution is -2.55. The van der Waals surface area contributed by atoms with Crippen LogP contribution in [0.25, 0.3) is 0 Å². The summed E-state index contributed by atoms with van der Waals surface area (Å²) >= 11 is 0. The number of rotatable bonds is 7. The molecule has 1 aliphatic rings. The third kappa shape index (κ3) is 5.41. The second kappa shape index (κ2) is 9.47. The summed E-state index contributed by atoms with van der Waals surface area (Å²) in [4.78, 5) is 14.7. The van der Waals surface area contributed by atoms with Crippen LogP contribution in [0.4, 0.5) is 4.39 Å². The molecule has 1 fully saturated rings. The van der Waals surface area contributed by atoms with Crippen LogP contribution in [0.2, 0.25) is 0 Å². The average Bonchev–Trinajstić information content (AvgIpc) is 2.75. The molecule has 0 spiro atoms. The fourth-order valence-electron chi connectivity index (χ4n) is 3.37. The van der Waals surface area contributed by atoms with Gasteiger partial charge in [-0.3, -0.25) is 9.69 Å². The molecule has 1 atom stereocenters. The Kier molecular flexibility index (Phi) is 7.00. The molecule has 0 bridgehead atoms. The van der Waals surface area contributed by atoms with E-state index in [1.807, 2.05) is 11.8 Å². The van der Waals surface area contributed by atoms with Crippen molar-refractivity contribution in [1.82, 2.24) is 14.5 Å². The van der Waals surface area contributed by atoms with Crippen LogP contribution in [0.3, 0.4) is 0 Å². The van der Waals surface area contributed by atoms with Gasteiger partial charge in [0.15, 0.2) is 0 Å². The van der Waals surface area contributed by atoms with Crippen LogP contribution < -0.4 is 5.32 Å². The number of benzene rings is 2.